The van der Waals surface area contributed by atoms with Crippen molar-refractivity contribution >= 4 is 54.3 Å². The fraction of sp³-hybridized carbons (Fsp3) is 0.115. The van der Waals surface area contributed by atoms with E-state index in [2.05, 4.69) is 175 Å². The second-order valence-corrected chi connectivity index (χ2v) is 16.6. The van der Waals surface area contributed by atoms with Crippen LogP contribution in [0.15, 0.2) is 185 Å². The Bertz CT molecular complexity index is 3020. The topological polar surface area (TPSA) is 46.0 Å². The average Bonchev–Trinajstić information content (AvgIpc) is 3.80. The van der Waals surface area contributed by atoms with Gasteiger partial charge in [-0.1, -0.05) is 140 Å². The highest BCUT2D eigenvalue weighted by atomic mass is 32.1. The van der Waals surface area contributed by atoms with Crippen molar-refractivity contribution in [2.24, 2.45) is 15.9 Å². The van der Waals surface area contributed by atoms with Gasteiger partial charge in [0, 0.05) is 42.8 Å². The monoisotopic (exact) mass is 751 g/mol. The van der Waals surface area contributed by atoms with Gasteiger partial charge in [0.1, 0.15) is 23.5 Å². The summed E-state index contributed by atoms with van der Waals surface area (Å²) in [4.78, 5) is 10.4. The molecule has 6 aromatic carbocycles. The Balaban J connectivity index is 0.912. The first-order valence-electron chi connectivity index (χ1n) is 19.9. The van der Waals surface area contributed by atoms with Crippen molar-refractivity contribution in [3.8, 4) is 11.5 Å². The van der Waals surface area contributed by atoms with E-state index in [1.807, 2.05) is 11.3 Å². The fourth-order valence-corrected chi connectivity index (χ4v) is 11.0. The minimum atomic E-state index is -0.403. The third kappa shape index (κ3) is 4.98. The van der Waals surface area contributed by atoms with Crippen LogP contribution in [-0.2, 0) is 5.41 Å². The zero-order valence-corrected chi connectivity index (χ0v) is 32.0. The summed E-state index contributed by atoms with van der Waals surface area (Å²) in [5, 5.41) is 6.30. The maximum Gasteiger partial charge on any atom is 0.159 e. The summed E-state index contributed by atoms with van der Waals surface area (Å²) >= 11 is 1.83. The van der Waals surface area contributed by atoms with Crippen molar-refractivity contribution in [3.63, 3.8) is 0 Å². The molecule has 0 saturated heterocycles. The van der Waals surface area contributed by atoms with E-state index in [0.717, 1.165) is 53.6 Å². The van der Waals surface area contributed by atoms with Crippen LogP contribution in [0.1, 0.15) is 64.4 Å². The van der Waals surface area contributed by atoms with Gasteiger partial charge < -0.3 is 10.1 Å². The molecule has 272 valence electrons. The fourth-order valence-electron chi connectivity index (χ4n) is 9.84. The van der Waals surface area contributed by atoms with Gasteiger partial charge in [-0.25, -0.2) is 9.98 Å². The molecule has 1 aromatic heterocycles. The molecule has 1 N–H and O–H groups in total. The van der Waals surface area contributed by atoms with Crippen LogP contribution in [0.4, 0.5) is 0 Å². The Kier molecular flexibility index (Phi) is 7.30. The Morgan fingerprint density at radius 3 is 2.39 bits per heavy atom. The summed E-state index contributed by atoms with van der Waals surface area (Å²) in [6.07, 6.45) is 14.3. The lowest BCUT2D eigenvalue weighted by Crippen LogP contribution is -2.37. The van der Waals surface area contributed by atoms with Crippen molar-refractivity contribution in [1.29, 1.82) is 0 Å². The molecule has 3 heterocycles. The minimum Gasteiger partial charge on any atom is -0.457 e. The quantitative estimate of drug-likeness (QED) is 0.195. The van der Waals surface area contributed by atoms with Crippen molar-refractivity contribution in [1.82, 2.24) is 5.32 Å². The van der Waals surface area contributed by atoms with Gasteiger partial charge in [0.25, 0.3) is 0 Å². The number of para-hydroxylation sites is 1. The molecule has 5 heteroatoms. The summed E-state index contributed by atoms with van der Waals surface area (Å²) in [6.45, 7) is 0. The lowest BCUT2D eigenvalue weighted by molar-refractivity contribution is 0.432. The molecular weight excluding hydrogens is 715 g/mol. The van der Waals surface area contributed by atoms with Crippen molar-refractivity contribution in [2.45, 2.75) is 30.8 Å². The van der Waals surface area contributed by atoms with Crippen LogP contribution in [0.3, 0.4) is 0 Å². The maximum absolute atomic E-state index is 6.72. The number of rotatable bonds is 4. The molecule has 5 aliphatic rings. The standard InChI is InChI=1S/C52H37N3OS/c1-2-12-33(13-3-1)49-53-50(55-51(54-49)36-26-28-40-39-16-6-11-21-47(39)57-48(40)31-36)34-24-22-32(23-25-34)35-27-29-46-44(30-35)52(43-19-9-10-20-45(43)56-46)41-17-7-4-14-37(41)38-15-5-8-18-42(38)52/h1-7,9-17,19-24,26-31,34,49H,8,18,25H2,(H,53,54,55). The van der Waals surface area contributed by atoms with Crippen molar-refractivity contribution in [3.05, 3.63) is 214 Å². The number of hydrogen-bond donors (Lipinski definition) is 1. The highest BCUT2D eigenvalue weighted by Gasteiger charge is 2.52. The number of benzene rings is 6. The zero-order valence-electron chi connectivity index (χ0n) is 31.2. The maximum atomic E-state index is 6.72. The van der Waals surface area contributed by atoms with E-state index in [-0.39, 0.29) is 12.1 Å². The van der Waals surface area contributed by atoms with Crippen molar-refractivity contribution < 1.29 is 4.74 Å². The van der Waals surface area contributed by atoms with Crippen LogP contribution >= 0.6 is 11.3 Å². The highest BCUT2D eigenvalue weighted by Crippen LogP contribution is 2.63. The predicted molar refractivity (Wildman–Crippen MR) is 235 cm³/mol. The second kappa shape index (κ2) is 12.7. The number of allylic oxidation sites excluding steroid dienone is 7. The van der Waals surface area contributed by atoms with Gasteiger partial charge in [-0.05, 0) is 88.6 Å². The van der Waals surface area contributed by atoms with Crippen LogP contribution < -0.4 is 10.1 Å². The van der Waals surface area contributed by atoms with Gasteiger partial charge in [0.2, 0.25) is 0 Å². The Morgan fingerprint density at radius 1 is 0.684 bits per heavy atom. The van der Waals surface area contributed by atoms with Gasteiger partial charge in [-0.3, -0.25) is 0 Å². The molecule has 2 aliphatic heterocycles. The van der Waals surface area contributed by atoms with Crippen LogP contribution in [0.5, 0.6) is 11.5 Å². The molecule has 0 amide bonds. The SMILES string of the molecule is C1=CC2=C(CC1)C1(c3ccccc3Oc3ccc(C4=CCC(C5=NC(c6ccc7c(c6)sc6ccccc67)=NC(c6ccccc6)N5)C=C4)cc31)c1ccccc12. The summed E-state index contributed by atoms with van der Waals surface area (Å²) in [5.41, 5.74) is 12.1. The molecule has 7 aromatic rings. The van der Waals surface area contributed by atoms with Gasteiger partial charge in [-0.2, -0.15) is 0 Å². The van der Waals surface area contributed by atoms with Crippen molar-refractivity contribution in [2.75, 3.05) is 0 Å². The summed E-state index contributed by atoms with van der Waals surface area (Å²) in [6, 6.07) is 50.3. The molecule has 3 unspecified atom stereocenters. The smallest absolute Gasteiger partial charge is 0.159 e. The molecule has 3 atom stereocenters. The molecule has 0 bridgehead atoms. The number of amidine groups is 2. The van der Waals surface area contributed by atoms with Crippen LogP contribution in [0.25, 0.3) is 31.3 Å². The molecule has 57 heavy (non-hydrogen) atoms. The van der Waals surface area contributed by atoms with Gasteiger partial charge in [0.05, 0.1) is 5.41 Å². The van der Waals surface area contributed by atoms with E-state index in [1.54, 1.807) is 0 Å². The van der Waals surface area contributed by atoms with E-state index in [4.69, 9.17) is 14.7 Å². The normalized spacial score (nSPS) is 21.6. The van der Waals surface area contributed by atoms with Gasteiger partial charge in [-0.15, -0.1) is 11.3 Å². The average molecular weight is 752 g/mol. The first kappa shape index (κ1) is 32.7. The number of hydrogen-bond acceptors (Lipinski definition) is 5. The Morgan fingerprint density at radius 2 is 1.47 bits per heavy atom. The van der Waals surface area contributed by atoms with E-state index in [9.17, 15) is 0 Å². The number of nitrogens with one attached hydrogen (secondary N) is 1. The molecule has 4 nitrogen and oxygen atoms in total. The number of aliphatic imine (C=N–C) groups is 2. The third-order valence-corrected chi connectivity index (χ3v) is 13.6. The predicted octanol–water partition coefficient (Wildman–Crippen LogP) is 12.7. The summed E-state index contributed by atoms with van der Waals surface area (Å²) < 4.78 is 9.27. The van der Waals surface area contributed by atoms with Crippen LogP contribution in [0, 0.1) is 5.92 Å². The van der Waals surface area contributed by atoms with E-state index in [1.165, 1.54) is 64.7 Å². The summed E-state index contributed by atoms with van der Waals surface area (Å²) in [7, 11) is 0. The van der Waals surface area contributed by atoms with Gasteiger partial charge >= 0.3 is 0 Å². The minimum absolute atomic E-state index is 0.0844. The Hall–Kier alpha value is -6.56. The van der Waals surface area contributed by atoms with E-state index in [0.29, 0.717) is 0 Å². The largest absolute Gasteiger partial charge is 0.457 e. The van der Waals surface area contributed by atoms with Crippen LogP contribution in [-0.4, -0.2) is 11.7 Å². The number of thiophene rings is 1. The first-order chi connectivity index (χ1) is 28.2. The van der Waals surface area contributed by atoms with E-state index >= 15 is 0 Å². The first-order valence-corrected chi connectivity index (χ1v) is 20.7. The molecular formula is C52H37N3OS. The lowest BCUT2D eigenvalue weighted by atomic mass is 9.63. The number of ether oxygens (including phenoxy) is 1. The molecule has 0 fully saturated rings. The third-order valence-electron chi connectivity index (χ3n) is 12.4. The molecule has 3 aliphatic carbocycles. The highest BCUT2D eigenvalue weighted by molar-refractivity contribution is 7.25. The Labute approximate surface area is 335 Å². The molecule has 0 radical (unpaired) electrons. The summed E-state index contributed by atoms with van der Waals surface area (Å²) in [5.74, 6) is 3.67. The van der Waals surface area contributed by atoms with Crippen LogP contribution in [0.2, 0.25) is 0 Å². The van der Waals surface area contributed by atoms with Gasteiger partial charge in [0.15, 0.2) is 5.84 Å². The molecule has 0 saturated carbocycles. The zero-order chi connectivity index (χ0) is 37.5. The molecule has 12 rings (SSSR count). The van der Waals surface area contributed by atoms with E-state index < -0.39 is 5.41 Å². The second-order valence-electron chi connectivity index (χ2n) is 15.5. The number of fused-ring (bicyclic) bond motifs is 11. The lowest BCUT2D eigenvalue weighted by Gasteiger charge is -2.41. The number of nitrogens with zero attached hydrogens (tertiary/aromatic N) is 2. The molecule has 1 spiro atoms.